The SMILES string of the molecule is N#Cc1cc(NCC(=O)O)ccc1[N+](=O)[O-]. The number of carboxylic acid groups (broad SMARTS) is 1. The second-order valence-electron chi connectivity index (χ2n) is 2.85. The van der Waals surface area contributed by atoms with Gasteiger partial charge in [-0.15, -0.1) is 0 Å². The molecule has 7 nitrogen and oxygen atoms in total. The van der Waals surface area contributed by atoms with Crippen molar-refractivity contribution in [1.29, 1.82) is 5.26 Å². The number of nitriles is 1. The van der Waals surface area contributed by atoms with Crippen LogP contribution in [0.5, 0.6) is 0 Å². The summed E-state index contributed by atoms with van der Waals surface area (Å²) in [4.78, 5) is 20.1. The van der Waals surface area contributed by atoms with Crippen LogP contribution in [0.25, 0.3) is 0 Å². The summed E-state index contributed by atoms with van der Waals surface area (Å²) in [6, 6.07) is 5.42. The van der Waals surface area contributed by atoms with Gasteiger partial charge in [0, 0.05) is 11.8 Å². The van der Waals surface area contributed by atoms with E-state index in [1.54, 1.807) is 6.07 Å². The highest BCUT2D eigenvalue weighted by atomic mass is 16.6. The molecule has 0 aliphatic carbocycles. The van der Waals surface area contributed by atoms with E-state index in [4.69, 9.17) is 10.4 Å². The Bertz CT molecular complexity index is 478. The minimum Gasteiger partial charge on any atom is -0.480 e. The molecule has 1 aromatic carbocycles. The highest BCUT2D eigenvalue weighted by Gasteiger charge is 2.13. The van der Waals surface area contributed by atoms with E-state index in [0.717, 1.165) is 6.07 Å². The molecule has 0 fully saturated rings. The summed E-state index contributed by atoms with van der Waals surface area (Å²) in [6.07, 6.45) is 0. The maximum Gasteiger partial charge on any atom is 0.322 e. The molecular weight excluding hydrogens is 214 g/mol. The predicted molar refractivity (Wildman–Crippen MR) is 53.9 cm³/mol. The number of hydrogen-bond donors (Lipinski definition) is 2. The molecule has 0 radical (unpaired) electrons. The number of nitrogens with zero attached hydrogens (tertiary/aromatic N) is 2. The average Bonchev–Trinajstić information content (AvgIpc) is 2.25. The number of carbonyl (C=O) groups is 1. The zero-order valence-electron chi connectivity index (χ0n) is 8.01. The summed E-state index contributed by atoms with van der Waals surface area (Å²) in [7, 11) is 0. The Morgan fingerprint density at radius 2 is 2.31 bits per heavy atom. The van der Waals surface area contributed by atoms with Gasteiger partial charge in [-0.3, -0.25) is 14.9 Å². The van der Waals surface area contributed by atoms with Crippen molar-refractivity contribution in [2.24, 2.45) is 0 Å². The standard InChI is InChI=1S/C9H7N3O4/c10-4-6-3-7(11-5-9(13)14)1-2-8(6)12(15)16/h1-3,11H,5H2,(H,13,14). The number of nitrogens with one attached hydrogen (secondary N) is 1. The van der Waals surface area contributed by atoms with Gasteiger partial charge in [-0.25, -0.2) is 0 Å². The fraction of sp³-hybridized carbons (Fsp3) is 0.111. The fourth-order valence-corrected chi connectivity index (χ4v) is 1.07. The number of anilines is 1. The van der Waals surface area contributed by atoms with Crippen molar-refractivity contribution < 1.29 is 14.8 Å². The molecular formula is C9H7N3O4. The van der Waals surface area contributed by atoms with Gasteiger partial charge in [-0.05, 0) is 12.1 Å². The van der Waals surface area contributed by atoms with Gasteiger partial charge >= 0.3 is 5.97 Å². The van der Waals surface area contributed by atoms with Crippen LogP contribution < -0.4 is 5.32 Å². The Kier molecular flexibility index (Phi) is 3.40. The monoisotopic (exact) mass is 221 g/mol. The molecule has 0 amide bonds. The topological polar surface area (TPSA) is 116 Å². The number of aliphatic carboxylic acids is 1. The third-order valence-electron chi connectivity index (χ3n) is 1.76. The predicted octanol–water partition coefficient (Wildman–Crippen LogP) is 0.963. The molecule has 0 saturated heterocycles. The lowest BCUT2D eigenvalue weighted by Crippen LogP contribution is -2.12. The van der Waals surface area contributed by atoms with Crippen molar-refractivity contribution in [3.8, 4) is 6.07 Å². The van der Waals surface area contributed by atoms with E-state index >= 15 is 0 Å². The molecule has 82 valence electrons. The van der Waals surface area contributed by atoms with Crippen molar-refractivity contribution in [2.45, 2.75) is 0 Å². The second-order valence-corrected chi connectivity index (χ2v) is 2.85. The Labute approximate surface area is 90.1 Å². The van der Waals surface area contributed by atoms with Crippen molar-refractivity contribution in [3.63, 3.8) is 0 Å². The molecule has 1 aromatic rings. The number of nitro benzene ring substituents is 1. The van der Waals surface area contributed by atoms with Crippen molar-refractivity contribution in [1.82, 2.24) is 0 Å². The Hall–Kier alpha value is -2.62. The van der Waals surface area contributed by atoms with Gasteiger partial charge < -0.3 is 10.4 Å². The van der Waals surface area contributed by atoms with Crippen molar-refractivity contribution in [2.75, 3.05) is 11.9 Å². The molecule has 2 N–H and O–H groups in total. The first-order valence-corrected chi connectivity index (χ1v) is 4.19. The summed E-state index contributed by atoms with van der Waals surface area (Å²) in [5.41, 5.74) is -0.0617. The van der Waals surface area contributed by atoms with Crippen molar-refractivity contribution >= 4 is 17.3 Å². The minimum absolute atomic E-state index is 0.111. The number of nitro groups is 1. The van der Waals surface area contributed by atoms with E-state index in [9.17, 15) is 14.9 Å². The molecule has 0 aliphatic heterocycles. The highest BCUT2D eigenvalue weighted by Crippen LogP contribution is 2.21. The van der Waals surface area contributed by atoms with E-state index in [1.807, 2.05) is 0 Å². The zero-order chi connectivity index (χ0) is 12.1. The van der Waals surface area contributed by atoms with Crippen LogP contribution in [0.15, 0.2) is 18.2 Å². The molecule has 16 heavy (non-hydrogen) atoms. The summed E-state index contributed by atoms with van der Waals surface area (Å²) in [5, 5.41) is 30.1. The van der Waals surface area contributed by atoms with Crippen LogP contribution in [-0.2, 0) is 4.79 Å². The van der Waals surface area contributed by atoms with E-state index in [-0.39, 0.29) is 17.8 Å². The molecule has 0 aromatic heterocycles. The lowest BCUT2D eigenvalue weighted by Gasteiger charge is -2.03. The third-order valence-corrected chi connectivity index (χ3v) is 1.76. The van der Waals surface area contributed by atoms with E-state index in [0.29, 0.717) is 5.69 Å². The molecule has 0 bridgehead atoms. The number of rotatable bonds is 4. The van der Waals surface area contributed by atoms with Crippen LogP contribution in [0, 0.1) is 21.4 Å². The largest absolute Gasteiger partial charge is 0.480 e. The molecule has 1 rings (SSSR count). The van der Waals surface area contributed by atoms with E-state index in [1.165, 1.54) is 12.1 Å². The fourth-order valence-electron chi connectivity index (χ4n) is 1.07. The van der Waals surface area contributed by atoms with Crippen LogP contribution in [0.2, 0.25) is 0 Å². The maximum absolute atomic E-state index is 10.5. The van der Waals surface area contributed by atoms with Crippen LogP contribution in [0.4, 0.5) is 11.4 Å². The Balaban J connectivity index is 2.96. The van der Waals surface area contributed by atoms with Crippen molar-refractivity contribution in [3.05, 3.63) is 33.9 Å². The van der Waals surface area contributed by atoms with Gasteiger partial charge in [0.25, 0.3) is 5.69 Å². The lowest BCUT2D eigenvalue weighted by molar-refractivity contribution is -0.385. The minimum atomic E-state index is -1.06. The summed E-state index contributed by atoms with van der Waals surface area (Å²) in [6.45, 7) is -0.317. The van der Waals surface area contributed by atoms with Gasteiger partial charge in [0.15, 0.2) is 0 Å². The highest BCUT2D eigenvalue weighted by molar-refractivity contribution is 5.73. The van der Waals surface area contributed by atoms with Crippen LogP contribution in [0.1, 0.15) is 5.56 Å². The molecule has 7 heteroatoms. The van der Waals surface area contributed by atoms with E-state index in [2.05, 4.69) is 5.32 Å². The normalized spacial score (nSPS) is 9.19. The van der Waals surface area contributed by atoms with Crippen LogP contribution in [-0.4, -0.2) is 22.5 Å². The van der Waals surface area contributed by atoms with Gasteiger partial charge in [0.1, 0.15) is 18.2 Å². The first-order chi connectivity index (χ1) is 7.54. The number of hydrogen-bond acceptors (Lipinski definition) is 5. The van der Waals surface area contributed by atoms with Gasteiger partial charge in [0.05, 0.1) is 4.92 Å². The summed E-state index contributed by atoms with van der Waals surface area (Å²) < 4.78 is 0. The zero-order valence-corrected chi connectivity index (χ0v) is 8.01. The molecule has 0 atom stereocenters. The Morgan fingerprint density at radius 1 is 1.62 bits per heavy atom. The third kappa shape index (κ3) is 2.68. The Morgan fingerprint density at radius 3 is 2.81 bits per heavy atom. The maximum atomic E-state index is 10.5. The molecule has 0 unspecified atom stereocenters. The quantitative estimate of drug-likeness (QED) is 0.577. The summed E-state index contributed by atoms with van der Waals surface area (Å²) in [5.74, 6) is -1.06. The first kappa shape index (κ1) is 11.5. The second kappa shape index (κ2) is 4.75. The number of benzene rings is 1. The number of carboxylic acids is 1. The van der Waals surface area contributed by atoms with Gasteiger partial charge in [0.2, 0.25) is 0 Å². The van der Waals surface area contributed by atoms with Gasteiger partial charge in [-0.2, -0.15) is 5.26 Å². The summed E-state index contributed by atoms with van der Waals surface area (Å²) >= 11 is 0. The molecule has 0 spiro atoms. The molecule has 0 heterocycles. The average molecular weight is 221 g/mol. The first-order valence-electron chi connectivity index (χ1n) is 4.19. The molecule has 0 saturated carbocycles. The lowest BCUT2D eigenvalue weighted by atomic mass is 10.2. The van der Waals surface area contributed by atoms with Crippen LogP contribution in [0.3, 0.4) is 0 Å². The van der Waals surface area contributed by atoms with E-state index < -0.39 is 10.9 Å². The smallest absolute Gasteiger partial charge is 0.322 e. The van der Waals surface area contributed by atoms with Gasteiger partial charge in [-0.1, -0.05) is 0 Å². The molecule has 0 aliphatic rings. The van der Waals surface area contributed by atoms with Crippen LogP contribution >= 0.6 is 0 Å².